The van der Waals surface area contributed by atoms with Gasteiger partial charge in [-0.3, -0.25) is 0 Å². The summed E-state index contributed by atoms with van der Waals surface area (Å²) in [5, 5.41) is 0. The van der Waals surface area contributed by atoms with E-state index in [1.165, 1.54) is 51.4 Å². The van der Waals surface area contributed by atoms with Crippen molar-refractivity contribution in [3.8, 4) is 0 Å². The average molecular weight is 411 g/mol. The third-order valence-corrected chi connectivity index (χ3v) is 5.92. The van der Waals surface area contributed by atoms with E-state index in [4.69, 9.17) is 18.6 Å². The van der Waals surface area contributed by atoms with Crippen LogP contribution in [0.4, 0.5) is 0 Å². The fourth-order valence-corrected chi connectivity index (χ4v) is 4.53. The Morgan fingerprint density at radius 1 is 0.800 bits per heavy atom. The van der Waals surface area contributed by atoms with Gasteiger partial charge in [-0.05, 0) is 0 Å². The van der Waals surface area contributed by atoms with Crippen LogP contribution in [-0.4, -0.2) is 0 Å². The Hall–Kier alpha value is -0.00571. The molecular formula is C22H28Cl2Ti-2. The van der Waals surface area contributed by atoms with E-state index in [-0.39, 0.29) is 0 Å². The van der Waals surface area contributed by atoms with Crippen LogP contribution in [0.3, 0.4) is 0 Å². The Morgan fingerprint density at radius 2 is 1.16 bits per heavy atom. The van der Waals surface area contributed by atoms with Crippen molar-refractivity contribution in [3.63, 3.8) is 0 Å². The van der Waals surface area contributed by atoms with E-state index in [1.807, 2.05) is 0 Å². The van der Waals surface area contributed by atoms with Crippen molar-refractivity contribution in [2.75, 3.05) is 0 Å². The van der Waals surface area contributed by atoms with Gasteiger partial charge in [0.05, 0.1) is 0 Å². The third kappa shape index (κ3) is 5.26. The minimum atomic E-state index is -0.556. The second-order valence-corrected chi connectivity index (χ2v) is 10.7. The number of rotatable bonds is 3. The number of halogens is 2. The normalized spacial score (nSPS) is 21.8. The van der Waals surface area contributed by atoms with Crippen LogP contribution in [0.25, 0.3) is 0 Å². The molecule has 0 nitrogen and oxygen atoms in total. The zero-order valence-electron chi connectivity index (χ0n) is 15.4. The summed E-state index contributed by atoms with van der Waals surface area (Å²) in [6.45, 7) is 4.79. The molecule has 2 aromatic carbocycles. The van der Waals surface area contributed by atoms with E-state index in [0.29, 0.717) is 0 Å². The molecule has 0 aliphatic heterocycles. The number of hydrogen-bond acceptors (Lipinski definition) is 0. The predicted molar refractivity (Wildman–Crippen MR) is 106 cm³/mol. The molecule has 2 aliphatic carbocycles. The first kappa shape index (κ1) is 19.7. The summed E-state index contributed by atoms with van der Waals surface area (Å²) < 4.78 is 0. The van der Waals surface area contributed by atoms with Crippen LogP contribution in [0, 0.1) is 11.8 Å². The standard InChI is InChI=1S/C22H28.2ClH.Ti/c1-15-3-7-19-11-17(13-21(19)9-15)5-6-18-12-20-8-4-16(2)10-22(20)14-18;;;/h11-16H,3-10H2,1-2H3;2*1H;/q-2;;;+2/p-2. The maximum atomic E-state index is 4.89. The van der Waals surface area contributed by atoms with E-state index < -0.39 is 17.0 Å². The van der Waals surface area contributed by atoms with Gasteiger partial charge in [-0.15, -0.1) is 0 Å². The zero-order valence-corrected chi connectivity index (χ0v) is 18.5. The predicted octanol–water partition coefficient (Wildman–Crippen LogP) is 6.54. The quantitative estimate of drug-likeness (QED) is 0.398. The van der Waals surface area contributed by atoms with Gasteiger partial charge in [-0.1, -0.05) is 77.0 Å². The summed E-state index contributed by atoms with van der Waals surface area (Å²) in [6, 6.07) is 9.98. The molecule has 0 spiro atoms. The van der Waals surface area contributed by atoms with E-state index in [1.54, 1.807) is 33.4 Å². The molecule has 2 unspecified atom stereocenters. The summed E-state index contributed by atoms with van der Waals surface area (Å²) in [7, 11) is 9.78. The van der Waals surface area contributed by atoms with Crippen LogP contribution < -0.4 is 0 Å². The topological polar surface area (TPSA) is 0 Å². The second kappa shape index (κ2) is 9.27. The number of fused-ring (bicyclic) bond motifs is 2. The molecule has 0 radical (unpaired) electrons. The summed E-state index contributed by atoms with van der Waals surface area (Å²) >= 11 is -0.556. The Bertz CT molecular complexity index is 624. The van der Waals surface area contributed by atoms with Gasteiger partial charge < -0.3 is 0 Å². The first-order valence-electron chi connectivity index (χ1n) is 9.60. The number of aryl methyl sites for hydroxylation is 4. The van der Waals surface area contributed by atoms with Crippen LogP contribution >= 0.6 is 18.6 Å². The molecule has 25 heavy (non-hydrogen) atoms. The molecule has 3 heteroatoms. The molecule has 4 rings (SSSR count). The van der Waals surface area contributed by atoms with Crippen LogP contribution in [0.15, 0.2) is 24.3 Å². The van der Waals surface area contributed by atoms with Crippen molar-refractivity contribution >= 4 is 18.6 Å². The summed E-state index contributed by atoms with van der Waals surface area (Å²) in [4.78, 5) is 0. The van der Waals surface area contributed by atoms with Gasteiger partial charge >= 0.3 is 35.6 Å². The first-order valence-corrected chi connectivity index (χ1v) is 13.9. The molecule has 0 N–H and O–H groups in total. The fraction of sp³-hybridized carbons (Fsp3) is 0.545. The summed E-state index contributed by atoms with van der Waals surface area (Å²) in [6.07, 6.45) is 10.4. The van der Waals surface area contributed by atoms with E-state index in [0.717, 1.165) is 11.8 Å². The van der Waals surface area contributed by atoms with Gasteiger partial charge in [0.2, 0.25) is 0 Å². The Kier molecular flexibility index (Phi) is 7.32. The molecule has 0 amide bonds. The van der Waals surface area contributed by atoms with Crippen LogP contribution in [0.2, 0.25) is 0 Å². The molecule has 0 heterocycles. The second-order valence-electron chi connectivity index (χ2n) is 8.10. The van der Waals surface area contributed by atoms with Crippen molar-refractivity contribution in [3.05, 3.63) is 57.6 Å². The molecule has 0 bridgehead atoms. The summed E-state index contributed by atoms with van der Waals surface area (Å²) in [5.41, 5.74) is 9.72. The van der Waals surface area contributed by atoms with Crippen molar-refractivity contribution in [1.29, 1.82) is 0 Å². The average Bonchev–Trinajstić information content (AvgIpc) is 3.15. The van der Waals surface area contributed by atoms with Gasteiger partial charge in [0, 0.05) is 0 Å². The van der Waals surface area contributed by atoms with Gasteiger partial charge in [-0.2, -0.15) is 57.6 Å². The van der Waals surface area contributed by atoms with E-state index in [9.17, 15) is 0 Å². The Labute approximate surface area is 169 Å². The van der Waals surface area contributed by atoms with E-state index >= 15 is 0 Å². The molecule has 0 aromatic heterocycles. The van der Waals surface area contributed by atoms with Crippen molar-refractivity contribution in [2.45, 2.75) is 65.2 Å². The van der Waals surface area contributed by atoms with Gasteiger partial charge in [0.15, 0.2) is 0 Å². The Balaban J connectivity index is 0.000000569. The van der Waals surface area contributed by atoms with Gasteiger partial charge in [0.25, 0.3) is 0 Å². The number of hydrogen-bond donors (Lipinski definition) is 0. The molecule has 0 saturated heterocycles. The Morgan fingerprint density at radius 3 is 1.56 bits per heavy atom. The molecule has 2 aromatic rings. The molecule has 0 fully saturated rings. The minimum absolute atomic E-state index is 0.556. The van der Waals surface area contributed by atoms with Crippen LogP contribution in [-0.2, 0) is 55.6 Å². The van der Waals surface area contributed by atoms with Crippen LogP contribution in [0.1, 0.15) is 60.1 Å². The van der Waals surface area contributed by atoms with Gasteiger partial charge in [-0.25, -0.2) is 0 Å². The third-order valence-electron chi connectivity index (χ3n) is 5.92. The fourth-order valence-electron chi connectivity index (χ4n) is 4.53. The molecule has 2 atom stereocenters. The van der Waals surface area contributed by atoms with Crippen LogP contribution in [0.5, 0.6) is 0 Å². The molecule has 136 valence electrons. The maximum absolute atomic E-state index is 4.89. The molecular weight excluding hydrogens is 383 g/mol. The van der Waals surface area contributed by atoms with Crippen molar-refractivity contribution in [2.24, 2.45) is 11.8 Å². The van der Waals surface area contributed by atoms with Crippen molar-refractivity contribution < 1.29 is 17.0 Å². The van der Waals surface area contributed by atoms with E-state index in [2.05, 4.69) is 38.1 Å². The summed E-state index contributed by atoms with van der Waals surface area (Å²) in [5.74, 6) is 1.76. The molecule has 0 saturated carbocycles. The van der Waals surface area contributed by atoms with Crippen molar-refractivity contribution in [1.82, 2.24) is 0 Å². The zero-order chi connectivity index (χ0) is 17.8. The monoisotopic (exact) mass is 410 g/mol. The first-order chi connectivity index (χ1) is 12.1. The SMILES string of the molecule is CC1CCc2c[c-](CC[c-]3cc4c(c3)CC(C)CC4)cc2C1.[Cl][Ti][Cl]. The molecule has 2 aliphatic rings. The van der Waals surface area contributed by atoms with Gasteiger partial charge in [0.1, 0.15) is 0 Å².